The quantitative estimate of drug-likeness (QED) is 0.401. The van der Waals surface area contributed by atoms with Gasteiger partial charge in [0.05, 0.1) is 0 Å². The molecular formula is C5H9BrIS-. The third-order valence-corrected chi connectivity index (χ3v) is 4.57. The Morgan fingerprint density at radius 2 is 2.38 bits per heavy atom. The van der Waals surface area contributed by atoms with E-state index < -0.39 is 0 Å². The van der Waals surface area contributed by atoms with Crippen LogP contribution in [0.4, 0.5) is 0 Å². The summed E-state index contributed by atoms with van der Waals surface area (Å²) in [4.78, 5) is 0. The standard InChI is InChI=1S/C5H9BrIS/c1-4(6)3-7-5(2)8/h3,5,8H,1-2H3/q-1/b4-3+. The van der Waals surface area contributed by atoms with Crippen molar-refractivity contribution in [2.45, 2.75) is 17.1 Å². The van der Waals surface area contributed by atoms with Crippen molar-refractivity contribution >= 4 is 28.6 Å². The second-order valence-corrected chi connectivity index (χ2v) is 7.62. The van der Waals surface area contributed by atoms with Gasteiger partial charge in [0.25, 0.3) is 0 Å². The molecule has 1 unspecified atom stereocenters. The molecule has 0 rings (SSSR count). The van der Waals surface area contributed by atoms with Crippen molar-refractivity contribution in [1.29, 1.82) is 0 Å². The van der Waals surface area contributed by atoms with Crippen molar-refractivity contribution in [3.05, 3.63) is 8.57 Å². The van der Waals surface area contributed by atoms with Crippen LogP contribution in [0.15, 0.2) is 8.57 Å². The minimum absolute atomic E-state index is 0.180. The van der Waals surface area contributed by atoms with Gasteiger partial charge in [-0.25, -0.2) is 0 Å². The van der Waals surface area contributed by atoms with Crippen molar-refractivity contribution in [2.24, 2.45) is 0 Å². The molecule has 0 nitrogen and oxygen atoms in total. The summed E-state index contributed by atoms with van der Waals surface area (Å²) < 4.78 is 4.06. The maximum absolute atomic E-state index is 4.26. The summed E-state index contributed by atoms with van der Waals surface area (Å²) in [6.07, 6.45) is 0. The molecule has 0 aliphatic heterocycles. The summed E-state index contributed by atoms with van der Waals surface area (Å²) in [6.45, 7) is 4.18. The normalized spacial score (nSPS) is 16.8. The van der Waals surface area contributed by atoms with E-state index in [0.717, 1.165) is 0 Å². The monoisotopic (exact) mass is 307 g/mol. The van der Waals surface area contributed by atoms with E-state index in [9.17, 15) is 0 Å². The van der Waals surface area contributed by atoms with Crippen LogP contribution in [0.5, 0.6) is 0 Å². The molecule has 0 spiro atoms. The molecule has 0 fully saturated rings. The number of rotatable bonds is 2. The zero-order valence-electron chi connectivity index (χ0n) is 4.86. The van der Waals surface area contributed by atoms with Crippen LogP contribution >= 0.6 is 28.6 Å². The molecule has 1 atom stereocenters. The SMILES string of the molecule is C/C(Br)=C\[I-]C(C)S. The topological polar surface area (TPSA) is 0 Å². The number of thiol groups is 1. The summed E-state index contributed by atoms with van der Waals surface area (Å²) in [6, 6.07) is 0. The molecule has 3 heteroatoms. The van der Waals surface area contributed by atoms with Crippen LogP contribution < -0.4 is 21.2 Å². The van der Waals surface area contributed by atoms with Crippen molar-refractivity contribution < 1.29 is 21.2 Å². The number of hydrogen-bond acceptors (Lipinski definition) is 1. The predicted octanol–water partition coefficient (Wildman–Crippen LogP) is -0.393. The Kier molecular flexibility index (Phi) is 5.94. The first kappa shape index (κ1) is 9.30. The summed E-state index contributed by atoms with van der Waals surface area (Å²) in [5, 5.41) is 0. The van der Waals surface area contributed by atoms with Crippen LogP contribution in [-0.4, -0.2) is 3.26 Å². The van der Waals surface area contributed by atoms with E-state index in [1.807, 2.05) is 0 Å². The number of hydrogen-bond donors (Lipinski definition) is 1. The molecule has 0 aromatic rings. The number of allylic oxidation sites excluding steroid dienone is 1. The van der Waals surface area contributed by atoms with Crippen LogP contribution in [-0.2, 0) is 0 Å². The van der Waals surface area contributed by atoms with Gasteiger partial charge in [0, 0.05) is 0 Å². The predicted molar refractivity (Wildman–Crippen MR) is 41.1 cm³/mol. The molecule has 50 valence electrons. The molecule has 8 heavy (non-hydrogen) atoms. The van der Waals surface area contributed by atoms with Gasteiger partial charge in [-0.3, -0.25) is 0 Å². The first-order valence-electron chi connectivity index (χ1n) is 2.25. The average molecular weight is 308 g/mol. The molecule has 0 amide bonds. The van der Waals surface area contributed by atoms with Crippen molar-refractivity contribution in [2.75, 3.05) is 0 Å². The van der Waals surface area contributed by atoms with Gasteiger partial charge >= 0.3 is 75.4 Å². The van der Waals surface area contributed by atoms with E-state index in [1.54, 1.807) is 0 Å². The Labute approximate surface area is 74.9 Å². The van der Waals surface area contributed by atoms with E-state index in [4.69, 9.17) is 0 Å². The van der Waals surface area contributed by atoms with E-state index in [1.165, 1.54) is 4.48 Å². The third-order valence-electron chi connectivity index (χ3n) is 0.396. The van der Waals surface area contributed by atoms with Crippen LogP contribution in [0, 0.1) is 0 Å². The van der Waals surface area contributed by atoms with Gasteiger partial charge in [0.1, 0.15) is 0 Å². The number of alkyl halides is 1. The zero-order chi connectivity index (χ0) is 6.57. The third kappa shape index (κ3) is 7.30. The van der Waals surface area contributed by atoms with Gasteiger partial charge in [-0.15, -0.1) is 0 Å². The summed E-state index contributed by atoms with van der Waals surface area (Å²) >= 11 is 7.79. The first-order valence-corrected chi connectivity index (χ1v) is 6.05. The van der Waals surface area contributed by atoms with Gasteiger partial charge in [0.15, 0.2) is 0 Å². The molecule has 0 heterocycles. The molecular weight excluding hydrogens is 299 g/mol. The summed E-state index contributed by atoms with van der Waals surface area (Å²) in [7, 11) is 0. The fraction of sp³-hybridized carbons (Fsp3) is 0.600. The fourth-order valence-electron chi connectivity index (χ4n) is 0.178. The molecule has 0 saturated carbocycles. The molecule has 0 N–H and O–H groups in total. The van der Waals surface area contributed by atoms with E-state index in [-0.39, 0.29) is 21.2 Å². The van der Waals surface area contributed by atoms with Gasteiger partial charge < -0.3 is 0 Å². The Bertz CT molecular complexity index is 86.4. The van der Waals surface area contributed by atoms with Gasteiger partial charge in [-0.1, -0.05) is 0 Å². The van der Waals surface area contributed by atoms with Crippen LogP contribution in [0.3, 0.4) is 0 Å². The van der Waals surface area contributed by atoms with E-state index >= 15 is 0 Å². The minimum atomic E-state index is 0.180. The van der Waals surface area contributed by atoms with E-state index in [0.29, 0.717) is 3.26 Å². The van der Waals surface area contributed by atoms with Crippen molar-refractivity contribution in [3.8, 4) is 0 Å². The van der Waals surface area contributed by atoms with Gasteiger partial charge in [-0.2, -0.15) is 0 Å². The number of halogens is 2. The van der Waals surface area contributed by atoms with Crippen LogP contribution in [0.2, 0.25) is 0 Å². The fourth-order valence-corrected chi connectivity index (χ4v) is 2.24. The van der Waals surface area contributed by atoms with E-state index in [2.05, 4.69) is 46.5 Å². The summed E-state index contributed by atoms with van der Waals surface area (Å²) in [5.74, 6) is 0. The second kappa shape index (κ2) is 5.11. The maximum atomic E-state index is 4.26. The molecule has 0 saturated heterocycles. The van der Waals surface area contributed by atoms with Crippen molar-refractivity contribution in [1.82, 2.24) is 0 Å². The average Bonchev–Trinajstić information content (AvgIpc) is 1.61. The molecule has 0 radical (unpaired) electrons. The Morgan fingerprint density at radius 1 is 1.88 bits per heavy atom. The van der Waals surface area contributed by atoms with Crippen molar-refractivity contribution in [3.63, 3.8) is 0 Å². The Hall–Kier alpha value is 1.30. The second-order valence-electron chi connectivity index (χ2n) is 1.40. The van der Waals surface area contributed by atoms with Crippen LogP contribution in [0.1, 0.15) is 13.8 Å². The molecule has 0 aliphatic carbocycles. The molecule has 0 aromatic heterocycles. The molecule has 0 aliphatic rings. The first-order chi connectivity index (χ1) is 3.63. The van der Waals surface area contributed by atoms with Gasteiger partial charge in [-0.05, 0) is 0 Å². The Morgan fingerprint density at radius 3 is 2.50 bits per heavy atom. The molecule has 0 aromatic carbocycles. The summed E-state index contributed by atoms with van der Waals surface area (Å²) in [5.41, 5.74) is 0. The van der Waals surface area contributed by atoms with Gasteiger partial charge in [0.2, 0.25) is 0 Å². The zero-order valence-corrected chi connectivity index (χ0v) is 9.50. The Balaban J connectivity index is 3.29. The molecule has 0 bridgehead atoms. The van der Waals surface area contributed by atoms with Crippen LogP contribution in [0.25, 0.3) is 0 Å².